The van der Waals surface area contributed by atoms with E-state index in [-0.39, 0.29) is 22.5 Å². The maximum atomic E-state index is 14.0. The summed E-state index contributed by atoms with van der Waals surface area (Å²) in [5, 5.41) is 0.426. The normalized spacial score (nSPS) is 34.3. The molecule has 2 aromatic rings. The highest BCUT2D eigenvalue weighted by Crippen LogP contribution is 2.49. The Morgan fingerprint density at radius 1 is 1.15 bits per heavy atom. The standard InChI is InChI=1S/C42H59ClN4O5S/c1-30-8-6-17-42(50-4,28-45(3)18-19-46-20-22-51-23-21-46)37-13-10-34(37)26-47-27-41(16-7-9-32-24-35(43)12-14-36(32)41)29-52-39-15-11-33(25-38(39)47)40(48)44-53(5,49)31(30)2/h6,11-12,14-15,17,24-25,30-31,34,37H,5,7-10,13,16,18-23,26-29H2,1-4H3,(H,44,48,49)/b17-6+/t30-,31+,34-,37+,41-,42+,53?/m0/s1. The number of aryl methyl sites for hydroxylation is 1. The number of amides is 1. The average molecular weight is 767 g/mol. The van der Waals surface area contributed by atoms with Gasteiger partial charge in [-0.25, -0.2) is 4.21 Å². The van der Waals surface area contributed by atoms with Crippen LogP contribution in [0.1, 0.15) is 67.4 Å². The van der Waals surface area contributed by atoms with Crippen molar-refractivity contribution in [2.45, 2.75) is 68.6 Å². The van der Waals surface area contributed by atoms with Gasteiger partial charge in [0.25, 0.3) is 5.91 Å². The molecule has 1 saturated heterocycles. The largest absolute Gasteiger partial charge is 0.490 e. The molecule has 2 aliphatic carbocycles. The third-order valence-corrected chi connectivity index (χ3v) is 15.6. The van der Waals surface area contributed by atoms with Crippen LogP contribution in [0.4, 0.5) is 5.69 Å². The van der Waals surface area contributed by atoms with E-state index in [1.807, 2.05) is 32.2 Å². The number of benzene rings is 2. The summed E-state index contributed by atoms with van der Waals surface area (Å²) in [6, 6.07) is 12.0. The number of carbonyl (C=O) groups excluding carboxylic acids is 1. The first kappa shape index (κ1) is 38.7. The first-order valence-corrected chi connectivity index (χ1v) is 21.8. The minimum atomic E-state index is -2.96. The summed E-state index contributed by atoms with van der Waals surface area (Å²) in [5.74, 6) is 5.16. The van der Waals surface area contributed by atoms with Crippen LogP contribution in [-0.2, 0) is 31.0 Å². The summed E-state index contributed by atoms with van der Waals surface area (Å²) in [7, 11) is 1.13. The topological polar surface area (TPSA) is 83.6 Å². The van der Waals surface area contributed by atoms with Crippen LogP contribution in [0.15, 0.2) is 48.6 Å². The van der Waals surface area contributed by atoms with Crippen LogP contribution >= 0.6 is 11.6 Å². The van der Waals surface area contributed by atoms with E-state index in [0.29, 0.717) is 30.4 Å². The van der Waals surface area contributed by atoms with Crippen LogP contribution in [0.2, 0.25) is 5.02 Å². The van der Waals surface area contributed by atoms with E-state index in [4.69, 9.17) is 25.8 Å². The van der Waals surface area contributed by atoms with Gasteiger partial charge < -0.3 is 24.0 Å². The second-order valence-corrected chi connectivity index (χ2v) is 19.4. The molecule has 2 fully saturated rings. The van der Waals surface area contributed by atoms with E-state index in [9.17, 15) is 9.00 Å². The number of allylic oxidation sites excluding steroid dienone is 1. The maximum absolute atomic E-state index is 14.0. The van der Waals surface area contributed by atoms with E-state index in [2.05, 4.69) is 63.5 Å². The molecule has 1 unspecified atom stereocenters. The van der Waals surface area contributed by atoms with E-state index in [1.165, 1.54) is 11.1 Å². The molecule has 1 N–H and O–H groups in total. The zero-order valence-corrected chi connectivity index (χ0v) is 33.7. The number of anilines is 1. The summed E-state index contributed by atoms with van der Waals surface area (Å²) in [6.45, 7) is 12.4. The molecular weight excluding hydrogens is 708 g/mol. The van der Waals surface area contributed by atoms with E-state index >= 15 is 0 Å². The monoisotopic (exact) mass is 766 g/mol. The average Bonchev–Trinajstić information content (AvgIpc) is 3.28. The summed E-state index contributed by atoms with van der Waals surface area (Å²) in [6.07, 6.45) is 10.5. The van der Waals surface area contributed by atoms with Crippen LogP contribution in [0.25, 0.3) is 0 Å². The lowest BCUT2D eigenvalue weighted by Gasteiger charge is -2.51. The van der Waals surface area contributed by atoms with E-state index < -0.39 is 15.3 Å². The molecule has 290 valence electrons. The van der Waals surface area contributed by atoms with Crippen molar-refractivity contribution in [2.24, 2.45) is 17.8 Å². The zero-order chi connectivity index (χ0) is 37.4. The van der Waals surface area contributed by atoms with Crippen molar-refractivity contribution >= 4 is 38.8 Å². The highest BCUT2D eigenvalue weighted by Gasteiger charge is 2.49. The zero-order valence-electron chi connectivity index (χ0n) is 32.1. The number of rotatable bonds is 6. The van der Waals surface area contributed by atoms with E-state index in [1.54, 1.807) is 6.07 Å². The summed E-state index contributed by atoms with van der Waals surface area (Å²) in [4.78, 5) is 21.2. The number of carbonyl (C=O) groups is 1. The third kappa shape index (κ3) is 8.05. The number of hydrogen-bond acceptors (Lipinski definition) is 8. The van der Waals surface area contributed by atoms with Crippen molar-refractivity contribution in [3.05, 3.63) is 70.3 Å². The summed E-state index contributed by atoms with van der Waals surface area (Å²) < 4.78 is 35.9. The first-order valence-electron chi connectivity index (χ1n) is 19.6. The van der Waals surface area contributed by atoms with Gasteiger partial charge in [-0.3, -0.25) is 14.4 Å². The van der Waals surface area contributed by atoms with E-state index in [0.717, 1.165) is 108 Å². The van der Waals surface area contributed by atoms with Gasteiger partial charge in [-0.15, -0.1) is 0 Å². The Balaban J connectivity index is 1.26. The molecule has 1 saturated carbocycles. The molecule has 9 nitrogen and oxygen atoms in total. The molecule has 1 amide bonds. The van der Waals surface area contributed by atoms with Crippen molar-refractivity contribution in [3.63, 3.8) is 0 Å². The number of nitrogens with one attached hydrogen (secondary N) is 1. The van der Waals surface area contributed by atoms with Crippen LogP contribution in [0.3, 0.4) is 0 Å². The van der Waals surface area contributed by atoms with Gasteiger partial charge in [0, 0.05) is 74.2 Å². The van der Waals surface area contributed by atoms with Crippen LogP contribution in [0, 0.1) is 17.8 Å². The number of morpholine rings is 1. The Morgan fingerprint density at radius 3 is 2.72 bits per heavy atom. The Labute approximate surface area is 322 Å². The van der Waals surface area contributed by atoms with Crippen molar-refractivity contribution in [3.8, 4) is 5.75 Å². The number of hydrogen-bond donors (Lipinski definition) is 1. The molecule has 7 rings (SSSR count). The molecule has 2 aromatic carbocycles. The molecule has 3 heterocycles. The smallest absolute Gasteiger partial charge is 0.262 e. The minimum Gasteiger partial charge on any atom is -0.490 e. The van der Waals surface area contributed by atoms with Crippen molar-refractivity contribution in [1.82, 2.24) is 14.5 Å². The molecule has 7 atom stereocenters. The lowest BCUT2D eigenvalue weighted by atomic mass is 9.63. The Bertz CT molecular complexity index is 1780. The first-order chi connectivity index (χ1) is 25.4. The summed E-state index contributed by atoms with van der Waals surface area (Å²) >= 11 is 6.52. The number of fused-ring (bicyclic) bond motifs is 4. The fraction of sp³-hybridized carbons (Fsp3) is 0.619. The van der Waals surface area contributed by atoms with Crippen LogP contribution in [-0.4, -0.2) is 116 Å². The highest BCUT2D eigenvalue weighted by atomic mass is 35.5. The molecule has 2 bridgehead atoms. The Hall–Kier alpha value is -2.60. The highest BCUT2D eigenvalue weighted by molar-refractivity contribution is 7.99. The molecule has 53 heavy (non-hydrogen) atoms. The third-order valence-electron chi connectivity index (χ3n) is 13.2. The fourth-order valence-corrected chi connectivity index (χ4v) is 11.2. The Kier molecular flexibility index (Phi) is 11.6. The number of methoxy groups -OCH3 is 1. The van der Waals surface area contributed by atoms with Gasteiger partial charge in [0.2, 0.25) is 0 Å². The second-order valence-electron chi connectivity index (χ2n) is 16.6. The lowest BCUT2D eigenvalue weighted by molar-refractivity contribution is -0.0895. The molecule has 0 aromatic heterocycles. The molecule has 3 aliphatic heterocycles. The summed E-state index contributed by atoms with van der Waals surface area (Å²) in [5.41, 5.74) is 3.25. The fourth-order valence-electron chi connectivity index (χ4n) is 9.54. The second kappa shape index (κ2) is 15.9. The molecular formula is C42H59ClN4O5S. The maximum Gasteiger partial charge on any atom is 0.262 e. The number of halogens is 1. The lowest BCUT2D eigenvalue weighted by Crippen LogP contribution is -2.57. The van der Waals surface area contributed by atoms with Gasteiger partial charge in [0.05, 0.1) is 35.2 Å². The quantitative estimate of drug-likeness (QED) is 0.291. The van der Waals surface area contributed by atoms with Crippen molar-refractivity contribution < 1.29 is 23.2 Å². The van der Waals surface area contributed by atoms with Gasteiger partial charge in [-0.05, 0) is 118 Å². The van der Waals surface area contributed by atoms with Gasteiger partial charge >= 0.3 is 0 Å². The van der Waals surface area contributed by atoms with Crippen LogP contribution in [0.5, 0.6) is 5.75 Å². The van der Waals surface area contributed by atoms with Gasteiger partial charge in [0.15, 0.2) is 0 Å². The predicted molar refractivity (Wildman–Crippen MR) is 216 cm³/mol. The number of ether oxygens (including phenoxy) is 3. The molecule has 5 aliphatic rings. The number of nitrogens with zero attached hydrogens (tertiary/aromatic N) is 3. The van der Waals surface area contributed by atoms with Gasteiger partial charge in [0.1, 0.15) is 11.4 Å². The number of likely N-dealkylation sites (N-methyl/N-ethyl adjacent to an activating group) is 1. The van der Waals surface area contributed by atoms with Crippen molar-refractivity contribution in [1.29, 1.82) is 0 Å². The van der Waals surface area contributed by atoms with Crippen LogP contribution < -0.4 is 14.4 Å². The molecule has 0 radical (unpaired) electrons. The Morgan fingerprint density at radius 2 is 1.96 bits per heavy atom. The SMILES string of the molecule is C=S1(=O)NC(=O)c2ccc3c(c2)N(C[C@@H]2CC[C@H]2[C@@](CN(C)CCN2CCOCC2)(OC)/C=C/C[C@H](C)[C@H]1C)C[C@@]1(CCCc2cc(Cl)ccc21)CO3. The van der Waals surface area contributed by atoms with Gasteiger partial charge in [-0.2, -0.15) is 0 Å². The molecule has 11 heteroatoms. The van der Waals surface area contributed by atoms with Gasteiger partial charge in [-0.1, -0.05) is 36.7 Å². The molecule has 1 spiro atoms. The predicted octanol–water partition coefficient (Wildman–Crippen LogP) is 5.83. The minimum absolute atomic E-state index is 0.0237. The van der Waals surface area contributed by atoms with Crippen molar-refractivity contribution in [2.75, 3.05) is 84.7 Å².